The van der Waals surface area contributed by atoms with E-state index in [0.29, 0.717) is 24.0 Å². The number of hydrogen-bond acceptors (Lipinski definition) is 4. The van der Waals surface area contributed by atoms with E-state index < -0.39 is 0 Å². The molecule has 1 fully saturated rings. The summed E-state index contributed by atoms with van der Waals surface area (Å²) in [6, 6.07) is 1.79. The molecule has 5 heteroatoms. The Morgan fingerprint density at radius 2 is 2.24 bits per heavy atom. The fraction of sp³-hybridized carbons (Fsp3) is 0.688. The van der Waals surface area contributed by atoms with E-state index in [1.165, 1.54) is 0 Å². The molecule has 0 radical (unpaired) electrons. The smallest absolute Gasteiger partial charge is 0.270 e. The molecule has 0 bridgehead atoms. The minimum atomic E-state index is -0.238. The van der Waals surface area contributed by atoms with Crippen LogP contribution in [0.2, 0.25) is 0 Å². The molecule has 1 saturated heterocycles. The number of rotatable bonds is 5. The number of hydrogen-bond donors (Lipinski definition) is 1. The lowest BCUT2D eigenvalue weighted by Gasteiger charge is -2.23. The fourth-order valence-electron chi connectivity index (χ4n) is 2.60. The van der Waals surface area contributed by atoms with Gasteiger partial charge in [-0.3, -0.25) is 4.79 Å². The van der Waals surface area contributed by atoms with Gasteiger partial charge in [-0.15, -0.1) is 0 Å². The Morgan fingerprint density at radius 1 is 1.48 bits per heavy atom. The highest BCUT2D eigenvalue weighted by atomic mass is 16.5. The molecular weight excluding hydrogens is 266 g/mol. The summed E-state index contributed by atoms with van der Waals surface area (Å²) in [5.41, 5.74) is 1.13. The number of aryl methyl sites for hydroxylation is 1. The van der Waals surface area contributed by atoms with E-state index in [1.54, 1.807) is 6.07 Å². The van der Waals surface area contributed by atoms with Gasteiger partial charge in [0.2, 0.25) is 0 Å². The number of carbonyl (C=O) groups is 1. The summed E-state index contributed by atoms with van der Waals surface area (Å²) in [5, 5.41) is 2.93. The van der Waals surface area contributed by atoms with Crippen molar-refractivity contribution in [3.05, 3.63) is 23.3 Å². The first kappa shape index (κ1) is 15.9. The van der Waals surface area contributed by atoms with Gasteiger partial charge in [0.1, 0.15) is 11.5 Å². The quantitative estimate of drug-likeness (QED) is 0.904. The van der Waals surface area contributed by atoms with E-state index in [0.717, 1.165) is 31.6 Å². The second-order valence-electron chi connectivity index (χ2n) is 6.47. The van der Waals surface area contributed by atoms with Crippen molar-refractivity contribution in [2.75, 3.05) is 13.2 Å². The zero-order chi connectivity index (χ0) is 15.5. The molecule has 1 aliphatic heterocycles. The van der Waals surface area contributed by atoms with Crippen molar-refractivity contribution < 1.29 is 9.53 Å². The van der Waals surface area contributed by atoms with Crippen LogP contribution in [-0.4, -0.2) is 34.6 Å². The van der Waals surface area contributed by atoms with Gasteiger partial charge in [-0.2, -0.15) is 0 Å². The first-order valence-electron chi connectivity index (χ1n) is 7.65. The van der Waals surface area contributed by atoms with Gasteiger partial charge in [-0.25, -0.2) is 9.97 Å². The Bertz CT molecular complexity index is 508. The first-order valence-corrected chi connectivity index (χ1v) is 7.65. The fourth-order valence-corrected chi connectivity index (χ4v) is 2.60. The Labute approximate surface area is 126 Å². The van der Waals surface area contributed by atoms with Gasteiger partial charge < -0.3 is 10.1 Å². The van der Waals surface area contributed by atoms with Crippen molar-refractivity contribution >= 4 is 5.91 Å². The van der Waals surface area contributed by atoms with Crippen molar-refractivity contribution in [1.82, 2.24) is 15.3 Å². The highest BCUT2D eigenvalue weighted by Gasteiger charge is 2.30. The maximum atomic E-state index is 12.3. The molecule has 0 saturated carbocycles. The van der Waals surface area contributed by atoms with E-state index in [4.69, 9.17) is 4.74 Å². The molecule has 0 aliphatic carbocycles. The third kappa shape index (κ3) is 4.49. The Morgan fingerprint density at radius 3 is 2.86 bits per heavy atom. The van der Waals surface area contributed by atoms with Crippen molar-refractivity contribution in [1.29, 1.82) is 0 Å². The number of ether oxygens (including phenoxy) is 1. The van der Waals surface area contributed by atoms with Gasteiger partial charge >= 0.3 is 0 Å². The normalized spacial score (nSPS) is 21.8. The monoisotopic (exact) mass is 291 g/mol. The highest BCUT2D eigenvalue weighted by Crippen LogP contribution is 2.23. The van der Waals surface area contributed by atoms with Gasteiger partial charge in [0.05, 0.1) is 5.60 Å². The van der Waals surface area contributed by atoms with Crippen LogP contribution in [0.1, 0.15) is 55.6 Å². The van der Waals surface area contributed by atoms with Crippen LogP contribution >= 0.6 is 0 Å². The molecule has 2 rings (SSSR count). The molecule has 1 N–H and O–H groups in total. The second kappa shape index (κ2) is 6.52. The van der Waals surface area contributed by atoms with Crippen LogP contribution in [-0.2, 0) is 11.2 Å². The highest BCUT2D eigenvalue weighted by molar-refractivity contribution is 5.92. The molecule has 1 atom stereocenters. The summed E-state index contributed by atoms with van der Waals surface area (Å²) in [4.78, 5) is 20.9. The molecule has 1 aromatic rings. The average molecular weight is 291 g/mol. The zero-order valence-electron chi connectivity index (χ0n) is 13.4. The van der Waals surface area contributed by atoms with Crippen LogP contribution in [0, 0.1) is 12.8 Å². The largest absolute Gasteiger partial charge is 0.373 e. The zero-order valence-corrected chi connectivity index (χ0v) is 13.4. The van der Waals surface area contributed by atoms with E-state index >= 15 is 0 Å². The van der Waals surface area contributed by atoms with Crippen LogP contribution < -0.4 is 5.32 Å². The summed E-state index contributed by atoms with van der Waals surface area (Å²) in [6.45, 7) is 9.43. The van der Waals surface area contributed by atoms with E-state index in [1.807, 2.05) is 13.8 Å². The lowest BCUT2D eigenvalue weighted by atomic mass is 10.0. The van der Waals surface area contributed by atoms with Crippen molar-refractivity contribution in [2.24, 2.45) is 5.92 Å². The molecule has 0 spiro atoms. The molecular formula is C16H25N3O2. The number of aromatic nitrogens is 2. The number of nitrogens with one attached hydrogen (secondary N) is 1. The third-order valence-electron chi connectivity index (χ3n) is 3.66. The van der Waals surface area contributed by atoms with Gasteiger partial charge in [0.15, 0.2) is 0 Å². The summed E-state index contributed by atoms with van der Waals surface area (Å²) < 4.78 is 5.68. The maximum absolute atomic E-state index is 12.3. The Kier molecular flexibility index (Phi) is 4.93. The van der Waals surface area contributed by atoms with Gasteiger partial charge in [-0.05, 0) is 45.1 Å². The third-order valence-corrected chi connectivity index (χ3v) is 3.66. The van der Waals surface area contributed by atoms with Crippen LogP contribution in [0.3, 0.4) is 0 Å². The first-order chi connectivity index (χ1) is 9.88. The second-order valence-corrected chi connectivity index (χ2v) is 6.47. The minimum Gasteiger partial charge on any atom is -0.373 e. The molecule has 21 heavy (non-hydrogen) atoms. The summed E-state index contributed by atoms with van der Waals surface area (Å²) >= 11 is 0. The molecule has 0 aromatic carbocycles. The van der Waals surface area contributed by atoms with Gasteiger partial charge in [0, 0.05) is 18.8 Å². The van der Waals surface area contributed by atoms with Crippen molar-refractivity contribution in [3.63, 3.8) is 0 Å². The molecule has 1 aromatic heterocycles. The number of carbonyl (C=O) groups excluding carboxylic acids is 1. The van der Waals surface area contributed by atoms with Gasteiger partial charge in [-0.1, -0.05) is 13.8 Å². The van der Waals surface area contributed by atoms with Crippen molar-refractivity contribution in [3.8, 4) is 0 Å². The van der Waals surface area contributed by atoms with Crippen LogP contribution in [0.5, 0.6) is 0 Å². The lowest BCUT2D eigenvalue weighted by Crippen LogP contribution is -2.40. The average Bonchev–Trinajstić information content (AvgIpc) is 2.82. The minimum absolute atomic E-state index is 0.151. The molecule has 1 unspecified atom stereocenters. The van der Waals surface area contributed by atoms with Crippen LogP contribution in [0.25, 0.3) is 0 Å². The van der Waals surface area contributed by atoms with Crippen LogP contribution in [0.4, 0.5) is 0 Å². The van der Waals surface area contributed by atoms with E-state index in [2.05, 4.69) is 29.1 Å². The lowest BCUT2D eigenvalue weighted by molar-refractivity contribution is 0.0205. The van der Waals surface area contributed by atoms with Crippen molar-refractivity contribution in [2.45, 2.75) is 52.6 Å². The van der Waals surface area contributed by atoms with E-state index in [-0.39, 0.29) is 11.5 Å². The molecule has 2 heterocycles. The molecule has 1 amide bonds. The number of amides is 1. The predicted molar refractivity (Wildman–Crippen MR) is 81.2 cm³/mol. The summed E-state index contributed by atoms with van der Waals surface area (Å²) in [7, 11) is 0. The molecule has 1 aliphatic rings. The van der Waals surface area contributed by atoms with Crippen LogP contribution in [0.15, 0.2) is 6.07 Å². The maximum Gasteiger partial charge on any atom is 0.270 e. The topological polar surface area (TPSA) is 64.1 Å². The Balaban J connectivity index is 2.02. The number of nitrogens with zero attached hydrogens (tertiary/aromatic N) is 2. The standard InChI is InChI=1S/C16H25N3O2/c1-11(2)8-13-9-14(19-12(3)18-13)15(20)17-10-16(4)6-5-7-21-16/h9,11H,5-8,10H2,1-4H3,(H,17,20). The van der Waals surface area contributed by atoms with Gasteiger partial charge in [0.25, 0.3) is 5.91 Å². The molecule has 5 nitrogen and oxygen atoms in total. The van der Waals surface area contributed by atoms with E-state index in [9.17, 15) is 4.79 Å². The predicted octanol–water partition coefficient (Wildman–Crippen LogP) is 2.28. The SMILES string of the molecule is Cc1nc(CC(C)C)cc(C(=O)NCC2(C)CCCO2)n1. The Hall–Kier alpha value is -1.49. The summed E-state index contributed by atoms with van der Waals surface area (Å²) in [5.74, 6) is 0.991. The summed E-state index contributed by atoms with van der Waals surface area (Å²) in [6.07, 6.45) is 2.89. The molecule has 116 valence electrons.